The number of carbonyl (C=O) groups is 2. The summed E-state index contributed by atoms with van der Waals surface area (Å²) in [4.78, 5) is 29.4. The SMILES string of the molecule is CCNC(=O)C(Cc1ccccc1)N(Cc1cccc(Br)c1)C(=O)CSc1ccc(C)cc1. The van der Waals surface area contributed by atoms with Gasteiger partial charge in [-0.15, -0.1) is 11.8 Å². The van der Waals surface area contributed by atoms with Crippen LogP contribution in [0.3, 0.4) is 0 Å². The monoisotopic (exact) mass is 524 g/mol. The molecule has 172 valence electrons. The van der Waals surface area contributed by atoms with Crippen molar-refractivity contribution < 1.29 is 9.59 Å². The maximum atomic E-state index is 13.5. The van der Waals surface area contributed by atoms with E-state index < -0.39 is 6.04 Å². The molecule has 3 rings (SSSR count). The second kappa shape index (κ2) is 12.6. The van der Waals surface area contributed by atoms with Crippen molar-refractivity contribution in [1.29, 1.82) is 0 Å². The van der Waals surface area contributed by atoms with Crippen molar-refractivity contribution in [3.05, 3.63) is 100 Å². The zero-order valence-electron chi connectivity index (χ0n) is 19.0. The highest BCUT2D eigenvalue weighted by Gasteiger charge is 2.30. The number of likely N-dealkylation sites (N-methyl/N-ethyl adjacent to an activating group) is 1. The Morgan fingerprint density at radius 2 is 1.67 bits per heavy atom. The van der Waals surface area contributed by atoms with Gasteiger partial charge in [-0.3, -0.25) is 9.59 Å². The number of hydrogen-bond acceptors (Lipinski definition) is 3. The molecule has 4 nitrogen and oxygen atoms in total. The summed E-state index contributed by atoms with van der Waals surface area (Å²) in [5, 5.41) is 2.93. The Balaban J connectivity index is 1.88. The molecule has 1 N–H and O–H groups in total. The predicted molar refractivity (Wildman–Crippen MR) is 139 cm³/mol. The lowest BCUT2D eigenvalue weighted by molar-refractivity contribution is -0.139. The van der Waals surface area contributed by atoms with Gasteiger partial charge in [0.05, 0.1) is 5.75 Å². The van der Waals surface area contributed by atoms with Crippen LogP contribution in [0.25, 0.3) is 0 Å². The molecule has 6 heteroatoms. The van der Waals surface area contributed by atoms with E-state index in [9.17, 15) is 9.59 Å². The molecule has 0 fully saturated rings. The Hall–Kier alpha value is -2.57. The van der Waals surface area contributed by atoms with E-state index in [1.165, 1.54) is 17.3 Å². The quantitative estimate of drug-likeness (QED) is 0.350. The number of aryl methyl sites for hydroxylation is 1. The molecule has 0 saturated carbocycles. The van der Waals surface area contributed by atoms with Gasteiger partial charge in [0.1, 0.15) is 6.04 Å². The van der Waals surface area contributed by atoms with Crippen LogP contribution in [-0.2, 0) is 22.6 Å². The van der Waals surface area contributed by atoms with Crippen LogP contribution in [0.4, 0.5) is 0 Å². The van der Waals surface area contributed by atoms with Crippen LogP contribution in [0.5, 0.6) is 0 Å². The molecule has 1 unspecified atom stereocenters. The minimum absolute atomic E-state index is 0.0623. The fourth-order valence-electron chi connectivity index (χ4n) is 3.54. The van der Waals surface area contributed by atoms with Crippen molar-refractivity contribution in [3.63, 3.8) is 0 Å². The van der Waals surface area contributed by atoms with Crippen LogP contribution in [0, 0.1) is 6.92 Å². The van der Waals surface area contributed by atoms with Crippen molar-refractivity contribution in [3.8, 4) is 0 Å². The van der Waals surface area contributed by atoms with Gasteiger partial charge in [0.25, 0.3) is 0 Å². The van der Waals surface area contributed by atoms with E-state index in [2.05, 4.69) is 21.2 Å². The number of benzene rings is 3. The molecule has 0 aliphatic carbocycles. The Labute approximate surface area is 208 Å². The summed E-state index contributed by atoms with van der Waals surface area (Å²) >= 11 is 5.01. The molecule has 0 saturated heterocycles. The third kappa shape index (κ3) is 7.76. The summed E-state index contributed by atoms with van der Waals surface area (Å²) in [6.07, 6.45) is 0.460. The van der Waals surface area contributed by atoms with Crippen molar-refractivity contribution in [1.82, 2.24) is 10.2 Å². The maximum Gasteiger partial charge on any atom is 0.243 e. The summed E-state index contributed by atoms with van der Waals surface area (Å²) < 4.78 is 0.944. The number of rotatable bonds is 10. The molecule has 2 amide bonds. The lowest BCUT2D eigenvalue weighted by Crippen LogP contribution is -2.51. The number of hydrogen-bond donors (Lipinski definition) is 1. The van der Waals surface area contributed by atoms with E-state index in [0.717, 1.165) is 20.5 Å². The standard InChI is InChI=1S/C27H29BrN2O2S/c1-3-29-27(32)25(17-21-8-5-4-6-9-21)30(18-22-10-7-11-23(28)16-22)26(31)19-33-24-14-12-20(2)13-15-24/h4-16,25H,3,17-19H2,1-2H3,(H,29,32). The predicted octanol–water partition coefficient (Wildman–Crippen LogP) is 5.63. The Morgan fingerprint density at radius 1 is 0.970 bits per heavy atom. The summed E-state index contributed by atoms with van der Waals surface area (Å²) in [7, 11) is 0. The molecule has 3 aromatic carbocycles. The molecule has 0 aliphatic heterocycles. The van der Waals surface area contributed by atoms with E-state index in [4.69, 9.17) is 0 Å². The van der Waals surface area contributed by atoms with Crippen LogP contribution in [-0.4, -0.2) is 35.1 Å². The van der Waals surface area contributed by atoms with E-state index in [0.29, 0.717) is 19.5 Å². The smallest absolute Gasteiger partial charge is 0.243 e. The van der Waals surface area contributed by atoms with E-state index in [1.54, 1.807) is 4.90 Å². The van der Waals surface area contributed by atoms with Crippen molar-refractivity contribution in [2.24, 2.45) is 0 Å². The van der Waals surface area contributed by atoms with Gasteiger partial charge in [-0.25, -0.2) is 0 Å². The molecule has 0 aromatic heterocycles. The first kappa shape index (κ1) is 25.1. The number of nitrogens with zero attached hydrogens (tertiary/aromatic N) is 1. The van der Waals surface area contributed by atoms with Crippen molar-refractivity contribution in [2.45, 2.75) is 37.8 Å². The summed E-state index contributed by atoms with van der Waals surface area (Å²) in [6, 6.07) is 25.3. The van der Waals surface area contributed by atoms with Crippen LogP contribution in [0.15, 0.2) is 88.2 Å². The Morgan fingerprint density at radius 3 is 2.33 bits per heavy atom. The van der Waals surface area contributed by atoms with Gasteiger partial charge in [-0.2, -0.15) is 0 Å². The normalized spacial score (nSPS) is 11.6. The second-order valence-corrected chi connectivity index (χ2v) is 9.82. The van der Waals surface area contributed by atoms with Gasteiger partial charge >= 0.3 is 0 Å². The first-order chi connectivity index (χ1) is 16.0. The molecule has 33 heavy (non-hydrogen) atoms. The molecule has 0 bridgehead atoms. The lowest BCUT2D eigenvalue weighted by atomic mass is 10.0. The third-order valence-corrected chi connectivity index (χ3v) is 6.74. The average Bonchev–Trinajstić information content (AvgIpc) is 2.81. The first-order valence-electron chi connectivity index (χ1n) is 11.0. The van der Waals surface area contributed by atoms with Crippen LogP contribution in [0.1, 0.15) is 23.6 Å². The van der Waals surface area contributed by atoms with E-state index in [-0.39, 0.29) is 17.6 Å². The maximum absolute atomic E-state index is 13.5. The molecule has 0 heterocycles. The van der Waals surface area contributed by atoms with Crippen LogP contribution < -0.4 is 5.32 Å². The molecule has 0 radical (unpaired) electrons. The number of amides is 2. The summed E-state index contributed by atoms with van der Waals surface area (Å²) in [5.41, 5.74) is 3.17. The lowest BCUT2D eigenvalue weighted by Gasteiger charge is -2.31. The van der Waals surface area contributed by atoms with E-state index >= 15 is 0 Å². The average molecular weight is 526 g/mol. The van der Waals surface area contributed by atoms with Crippen LogP contribution in [0.2, 0.25) is 0 Å². The molecule has 0 spiro atoms. The van der Waals surface area contributed by atoms with Gasteiger partial charge in [0.2, 0.25) is 11.8 Å². The van der Waals surface area contributed by atoms with Gasteiger partial charge in [0, 0.05) is 28.9 Å². The van der Waals surface area contributed by atoms with Gasteiger partial charge in [-0.1, -0.05) is 76.1 Å². The van der Waals surface area contributed by atoms with Gasteiger partial charge < -0.3 is 10.2 Å². The fraction of sp³-hybridized carbons (Fsp3) is 0.259. The minimum Gasteiger partial charge on any atom is -0.355 e. The Kier molecular flexibility index (Phi) is 9.58. The molecule has 0 aliphatic rings. The van der Waals surface area contributed by atoms with Crippen LogP contribution >= 0.6 is 27.7 Å². The zero-order chi connectivity index (χ0) is 23.6. The fourth-order valence-corrected chi connectivity index (χ4v) is 4.77. The summed E-state index contributed by atoms with van der Waals surface area (Å²) in [5.74, 6) is 0.0691. The first-order valence-corrected chi connectivity index (χ1v) is 12.8. The minimum atomic E-state index is -0.600. The largest absolute Gasteiger partial charge is 0.355 e. The second-order valence-electron chi connectivity index (χ2n) is 7.85. The number of halogens is 1. The number of carbonyl (C=O) groups excluding carboxylic acids is 2. The van der Waals surface area contributed by atoms with Gasteiger partial charge in [0.15, 0.2) is 0 Å². The van der Waals surface area contributed by atoms with E-state index in [1.807, 2.05) is 92.7 Å². The highest BCUT2D eigenvalue weighted by Crippen LogP contribution is 2.22. The zero-order valence-corrected chi connectivity index (χ0v) is 21.4. The Bertz CT molecular complexity index is 1060. The molecule has 1 atom stereocenters. The van der Waals surface area contributed by atoms with Gasteiger partial charge in [-0.05, 0) is 49.2 Å². The third-order valence-electron chi connectivity index (χ3n) is 5.25. The molecular weight excluding hydrogens is 496 g/mol. The van der Waals surface area contributed by atoms with Crippen molar-refractivity contribution >= 4 is 39.5 Å². The highest BCUT2D eigenvalue weighted by molar-refractivity contribution is 9.10. The van der Waals surface area contributed by atoms with Crippen molar-refractivity contribution in [2.75, 3.05) is 12.3 Å². The molecule has 3 aromatic rings. The summed E-state index contributed by atoms with van der Waals surface area (Å²) in [6.45, 7) is 4.81. The highest BCUT2D eigenvalue weighted by atomic mass is 79.9. The topological polar surface area (TPSA) is 49.4 Å². The molecular formula is C27H29BrN2O2S. The number of thioether (sulfide) groups is 1. The number of nitrogens with one attached hydrogen (secondary N) is 1.